The van der Waals surface area contributed by atoms with Gasteiger partial charge in [0.1, 0.15) is 0 Å². The summed E-state index contributed by atoms with van der Waals surface area (Å²) in [6.07, 6.45) is 1.62. The van der Waals surface area contributed by atoms with Crippen molar-refractivity contribution in [3.63, 3.8) is 0 Å². The molecule has 76 valence electrons. The molecule has 0 unspecified atom stereocenters. The SMILES string of the molecule is Cc1cc2c(cc1-c1ccno1)OCO2. The lowest BCUT2D eigenvalue weighted by molar-refractivity contribution is 0.174. The normalized spacial score (nSPS) is 13.1. The van der Waals surface area contributed by atoms with Crippen LogP contribution >= 0.6 is 0 Å². The van der Waals surface area contributed by atoms with E-state index in [1.165, 1.54) is 0 Å². The Morgan fingerprint density at radius 1 is 1.20 bits per heavy atom. The van der Waals surface area contributed by atoms with Gasteiger partial charge in [-0.25, -0.2) is 0 Å². The van der Waals surface area contributed by atoms with Crippen molar-refractivity contribution in [1.82, 2.24) is 5.16 Å². The Morgan fingerprint density at radius 3 is 2.73 bits per heavy atom. The van der Waals surface area contributed by atoms with Crippen LogP contribution in [0.1, 0.15) is 5.56 Å². The van der Waals surface area contributed by atoms with E-state index in [0.29, 0.717) is 0 Å². The summed E-state index contributed by atoms with van der Waals surface area (Å²) >= 11 is 0. The first-order chi connectivity index (χ1) is 7.34. The molecule has 0 spiro atoms. The Labute approximate surface area is 86.4 Å². The maximum Gasteiger partial charge on any atom is 0.231 e. The third kappa shape index (κ3) is 1.26. The van der Waals surface area contributed by atoms with E-state index in [-0.39, 0.29) is 6.79 Å². The highest BCUT2D eigenvalue weighted by atomic mass is 16.7. The van der Waals surface area contributed by atoms with Gasteiger partial charge in [-0.2, -0.15) is 0 Å². The lowest BCUT2D eigenvalue weighted by atomic mass is 10.1. The van der Waals surface area contributed by atoms with Crippen LogP contribution in [0.5, 0.6) is 11.5 Å². The van der Waals surface area contributed by atoms with E-state index in [2.05, 4.69) is 5.16 Å². The number of aryl methyl sites for hydroxylation is 1. The molecule has 4 nitrogen and oxygen atoms in total. The zero-order chi connectivity index (χ0) is 10.3. The van der Waals surface area contributed by atoms with Crippen LogP contribution in [0, 0.1) is 6.92 Å². The van der Waals surface area contributed by atoms with Crippen LogP contribution in [-0.4, -0.2) is 11.9 Å². The summed E-state index contributed by atoms with van der Waals surface area (Å²) in [4.78, 5) is 0. The fourth-order valence-electron chi connectivity index (χ4n) is 1.66. The molecule has 1 aliphatic rings. The molecule has 1 aliphatic heterocycles. The average Bonchev–Trinajstić information content (AvgIpc) is 2.85. The van der Waals surface area contributed by atoms with Gasteiger partial charge in [0, 0.05) is 11.6 Å². The van der Waals surface area contributed by atoms with Gasteiger partial charge in [-0.05, 0) is 24.6 Å². The molecule has 2 heterocycles. The standard InChI is InChI=1S/C11H9NO3/c1-7-4-10-11(14-6-13-10)5-8(7)9-2-3-12-15-9/h2-5H,6H2,1H3. The van der Waals surface area contributed by atoms with Crippen LogP contribution in [-0.2, 0) is 0 Å². The average molecular weight is 203 g/mol. The van der Waals surface area contributed by atoms with E-state index in [9.17, 15) is 0 Å². The topological polar surface area (TPSA) is 44.5 Å². The maximum absolute atomic E-state index is 5.31. The van der Waals surface area contributed by atoms with Crippen LogP contribution in [0.3, 0.4) is 0 Å². The van der Waals surface area contributed by atoms with Gasteiger partial charge in [0.15, 0.2) is 17.3 Å². The number of benzene rings is 1. The smallest absolute Gasteiger partial charge is 0.231 e. The van der Waals surface area contributed by atoms with Crippen molar-refractivity contribution >= 4 is 0 Å². The first-order valence-corrected chi connectivity index (χ1v) is 4.66. The number of ether oxygens (including phenoxy) is 2. The number of hydrogen-bond acceptors (Lipinski definition) is 4. The van der Waals surface area contributed by atoms with Crippen molar-refractivity contribution in [2.75, 3.05) is 6.79 Å². The largest absolute Gasteiger partial charge is 0.454 e. The molecule has 0 aliphatic carbocycles. The van der Waals surface area contributed by atoms with Crippen molar-refractivity contribution in [3.05, 3.63) is 30.0 Å². The van der Waals surface area contributed by atoms with E-state index < -0.39 is 0 Å². The van der Waals surface area contributed by atoms with Gasteiger partial charge in [0.2, 0.25) is 6.79 Å². The number of hydrogen-bond donors (Lipinski definition) is 0. The van der Waals surface area contributed by atoms with E-state index in [0.717, 1.165) is 28.4 Å². The molecule has 0 saturated heterocycles. The zero-order valence-electron chi connectivity index (χ0n) is 8.19. The van der Waals surface area contributed by atoms with Crippen LogP contribution in [0.4, 0.5) is 0 Å². The predicted octanol–water partition coefficient (Wildman–Crippen LogP) is 2.38. The highest BCUT2D eigenvalue weighted by molar-refractivity contribution is 5.67. The summed E-state index contributed by atoms with van der Waals surface area (Å²) in [6.45, 7) is 2.29. The van der Waals surface area contributed by atoms with Gasteiger partial charge in [0.25, 0.3) is 0 Å². The van der Waals surface area contributed by atoms with Crippen molar-refractivity contribution in [2.45, 2.75) is 6.92 Å². The van der Waals surface area contributed by atoms with Crippen molar-refractivity contribution in [2.24, 2.45) is 0 Å². The van der Waals surface area contributed by atoms with Gasteiger partial charge in [-0.3, -0.25) is 0 Å². The predicted molar refractivity (Wildman–Crippen MR) is 52.8 cm³/mol. The van der Waals surface area contributed by atoms with Gasteiger partial charge < -0.3 is 14.0 Å². The number of fused-ring (bicyclic) bond motifs is 1. The Balaban J connectivity index is 2.17. The van der Waals surface area contributed by atoms with Crippen LogP contribution < -0.4 is 9.47 Å². The molecule has 1 aromatic heterocycles. The second-order valence-electron chi connectivity index (χ2n) is 3.40. The fraction of sp³-hybridized carbons (Fsp3) is 0.182. The third-order valence-corrected chi connectivity index (χ3v) is 2.42. The van der Waals surface area contributed by atoms with Gasteiger partial charge in [-0.15, -0.1) is 0 Å². The first-order valence-electron chi connectivity index (χ1n) is 4.66. The number of aromatic nitrogens is 1. The zero-order valence-corrected chi connectivity index (χ0v) is 8.19. The second-order valence-corrected chi connectivity index (χ2v) is 3.40. The van der Waals surface area contributed by atoms with Crippen LogP contribution in [0.2, 0.25) is 0 Å². The molecule has 0 fully saturated rings. The van der Waals surface area contributed by atoms with Crippen molar-refractivity contribution < 1.29 is 14.0 Å². The van der Waals surface area contributed by atoms with Gasteiger partial charge in [-0.1, -0.05) is 5.16 Å². The Morgan fingerprint density at radius 2 is 2.00 bits per heavy atom. The van der Waals surface area contributed by atoms with Crippen molar-refractivity contribution in [3.8, 4) is 22.8 Å². The fourth-order valence-corrected chi connectivity index (χ4v) is 1.66. The highest BCUT2D eigenvalue weighted by Crippen LogP contribution is 2.38. The first kappa shape index (κ1) is 8.35. The van der Waals surface area contributed by atoms with Gasteiger partial charge >= 0.3 is 0 Å². The third-order valence-electron chi connectivity index (χ3n) is 2.42. The molecule has 0 amide bonds. The Kier molecular flexibility index (Phi) is 1.68. The minimum atomic E-state index is 0.286. The molecule has 0 atom stereocenters. The van der Waals surface area contributed by atoms with Crippen molar-refractivity contribution in [1.29, 1.82) is 0 Å². The van der Waals surface area contributed by atoms with Crippen LogP contribution in [0.25, 0.3) is 11.3 Å². The molecular weight excluding hydrogens is 194 g/mol. The molecule has 0 saturated carbocycles. The summed E-state index contributed by atoms with van der Waals surface area (Å²) in [5, 5.41) is 3.69. The summed E-state index contributed by atoms with van der Waals surface area (Å²) in [7, 11) is 0. The summed E-state index contributed by atoms with van der Waals surface area (Å²) in [5.41, 5.74) is 2.06. The second kappa shape index (κ2) is 3.02. The monoisotopic (exact) mass is 203 g/mol. The summed E-state index contributed by atoms with van der Waals surface area (Å²) < 4.78 is 15.7. The van der Waals surface area contributed by atoms with E-state index in [1.54, 1.807) is 6.20 Å². The van der Waals surface area contributed by atoms with Gasteiger partial charge in [0.05, 0.1) is 6.20 Å². The minimum Gasteiger partial charge on any atom is -0.454 e. The quantitative estimate of drug-likeness (QED) is 0.713. The summed E-state index contributed by atoms with van der Waals surface area (Å²) in [6, 6.07) is 5.68. The lowest BCUT2D eigenvalue weighted by Crippen LogP contribution is -1.92. The molecule has 1 aromatic carbocycles. The molecule has 15 heavy (non-hydrogen) atoms. The molecule has 2 aromatic rings. The Bertz CT molecular complexity index is 491. The Hall–Kier alpha value is -1.97. The van der Waals surface area contributed by atoms with E-state index in [1.807, 2.05) is 25.1 Å². The maximum atomic E-state index is 5.31. The molecule has 0 radical (unpaired) electrons. The summed E-state index contributed by atoms with van der Waals surface area (Å²) in [5.74, 6) is 2.29. The molecule has 0 bridgehead atoms. The number of nitrogens with zero attached hydrogens (tertiary/aromatic N) is 1. The number of rotatable bonds is 1. The highest BCUT2D eigenvalue weighted by Gasteiger charge is 2.17. The molecule has 4 heteroatoms. The van der Waals surface area contributed by atoms with Crippen LogP contribution in [0.15, 0.2) is 28.9 Å². The lowest BCUT2D eigenvalue weighted by Gasteiger charge is -2.03. The molecular formula is C11H9NO3. The molecule has 3 rings (SSSR count). The van der Waals surface area contributed by atoms with E-state index >= 15 is 0 Å². The molecule has 0 N–H and O–H groups in total. The minimum absolute atomic E-state index is 0.286. The van der Waals surface area contributed by atoms with E-state index in [4.69, 9.17) is 14.0 Å².